The highest BCUT2D eigenvalue weighted by molar-refractivity contribution is 8.00. The first-order valence-corrected chi connectivity index (χ1v) is 12.4. The van der Waals surface area contributed by atoms with E-state index in [2.05, 4.69) is 20.8 Å². The third-order valence-corrected chi connectivity index (χ3v) is 7.74. The van der Waals surface area contributed by atoms with Crippen LogP contribution < -0.4 is 5.32 Å². The van der Waals surface area contributed by atoms with Crippen molar-refractivity contribution in [3.8, 4) is 5.69 Å². The molecule has 4 rings (SSSR count). The first-order valence-electron chi connectivity index (χ1n) is 10.7. The molecule has 0 fully saturated rings. The SMILES string of the molecule is CCOC(=O)c1c(NC(=O)[C@H](CC)Sc2nnnn2-c2ccccc2)sc2c1CCCC2. The van der Waals surface area contributed by atoms with E-state index >= 15 is 0 Å². The molecule has 0 bridgehead atoms. The summed E-state index contributed by atoms with van der Waals surface area (Å²) in [4.78, 5) is 27.1. The lowest BCUT2D eigenvalue weighted by molar-refractivity contribution is -0.115. The topological polar surface area (TPSA) is 99.0 Å². The van der Waals surface area contributed by atoms with Crippen LogP contribution in [0, 0.1) is 0 Å². The van der Waals surface area contributed by atoms with Gasteiger partial charge in [-0.3, -0.25) is 4.79 Å². The second kappa shape index (κ2) is 10.3. The Balaban J connectivity index is 1.56. The summed E-state index contributed by atoms with van der Waals surface area (Å²) in [6.07, 6.45) is 4.49. The standard InChI is InChI=1S/C22H25N5O3S2/c1-3-16(32-22-24-25-26-27(22)14-10-6-5-7-11-14)19(28)23-20-18(21(29)30-4-2)15-12-8-9-13-17(15)31-20/h5-7,10-11,16H,3-4,8-9,12-13H2,1-2H3,(H,23,28)/t16-/m0/s1. The van der Waals surface area contributed by atoms with Crippen molar-refractivity contribution in [2.45, 2.75) is 56.4 Å². The number of nitrogens with one attached hydrogen (secondary N) is 1. The number of carbonyl (C=O) groups excluding carboxylic acids is 2. The molecule has 32 heavy (non-hydrogen) atoms. The number of rotatable bonds is 8. The summed E-state index contributed by atoms with van der Waals surface area (Å²) >= 11 is 2.80. The Morgan fingerprint density at radius 3 is 2.75 bits per heavy atom. The van der Waals surface area contributed by atoms with Crippen molar-refractivity contribution < 1.29 is 14.3 Å². The Labute approximate surface area is 194 Å². The van der Waals surface area contributed by atoms with Gasteiger partial charge in [-0.1, -0.05) is 36.9 Å². The Hall–Kier alpha value is -2.72. The zero-order valence-corrected chi connectivity index (χ0v) is 19.7. The number of hydrogen-bond donors (Lipinski definition) is 1. The molecule has 10 heteroatoms. The van der Waals surface area contributed by atoms with Crippen LogP contribution in [0.15, 0.2) is 35.5 Å². The number of fused-ring (bicyclic) bond motifs is 1. The second-order valence-electron chi connectivity index (χ2n) is 7.35. The number of thiophene rings is 1. The van der Waals surface area contributed by atoms with Crippen LogP contribution in [0.5, 0.6) is 0 Å². The molecule has 1 atom stereocenters. The molecule has 168 valence electrons. The van der Waals surface area contributed by atoms with E-state index in [9.17, 15) is 9.59 Å². The van der Waals surface area contributed by atoms with Crippen LogP contribution >= 0.6 is 23.1 Å². The van der Waals surface area contributed by atoms with Gasteiger partial charge in [0, 0.05) is 4.88 Å². The number of para-hydroxylation sites is 1. The molecule has 2 aromatic heterocycles. The third kappa shape index (κ3) is 4.71. The summed E-state index contributed by atoms with van der Waals surface area (Å²) in [5, 5.41) is 15.7. The summed E-state index contributed by atoms with van der Waals surface area (Å²) in [5.74, 6) is -0.542. The highest BCUT2D eigenvalue weighted by Gasteiger charge is 2.29. The van der Waals surface area contributed by atoms with Gasteiger partial charge in [-0.25, -0.2) is 4.79 Å². The molecule has 0 saturated carbocycles. The maximum absolute atomic E-state index is 13.2. The van der Waals surface area contributed by atoms with Gasteiger partial charge in [-0.05, 0) is 67.2 Å². The number of carbonyl (C=O) groups is 2. The largest absolute Gasteiger partial charge is 0.462 e. The normalized spacial score (nSPS) is 13.9. The number of thioether (sulfide) groups is 1. The zero-order valence-electron chi connectivity index (χ0n) is 18.0. The maximum Gasteiger partial charge on any atom is 0.341 e. The van der Waals surface area contributed by atoms with E-state index in [0.717, 1.165) is 36.9 Å². The molecule has 1 N–H and O–H groups in total. The summed E-state index contributed by atoms with van der Waals surface area (Å²) in [6, 6.07) is 9.55. The molecule has 0 radical (unpaired) electrons. The van der Waals surface area contributed by atoms with Crippen molar-refractivity contribution in [2.75, 3.05) is 11.9 Å². The number of aromatic nitrogens is 4. The fraction of sp³-hybridized carbons (Fsp3) is 0.409. The third-order valence-electron chi connectivity index (χ3n) is 5.24. The molecule has 2 heterocycles. The summed E-state index contributed by atoms with van der Waals surface area (Å²) in [5.41, 5.74) is 2.38. The summed E-state index contributed by atoms with van der Waals surface area (Å²) in [6.45, 7) is 4.03. The van der Waals surface area contributed by atoms with Crippen molar-refractivity contribution in [1.82, 2.24) is 20.2 Å². The molecule has 0 saturated heterocycles. The molecule has 1 aliphatic rings. The van der Waals surface area contributed by atoms with Crippen LogP contribution in [-0.4, -0.2) is 43.9 Å². The zero-order chi connectivity index (χ0) is 22.5. The highest BCUT2D eigenvalue weighted by atomic mass is 32.2. The van der Waals surface area contributed by atoms with Gasteiger partial charge in [0.25, 0.3) is 0 Å². The van der Waals surface area contributed by atoms with Crippen molar-refractivity contribution in [1.29, 1.82) is 0 Å². The maximum atomic E-state index is 13.2. The summed E-state index contributed by atoms with van der Waals surface area (Å²) in [7, 11) is 0. The number of aryl methyl sites for hydroxylation is 1. The molecule has 1 aliphatic carbocycles. The molecule has 1 aromatic carbocycles. The van der Waals surface area contributed by atoms with Crippen molar-refractivity contribution >= 4 is 40.0 Å². The van der Waals surface area contributed by atoms with E-state index in [1.807, 2.05) is 37.3 Å². The summed E-state index contributed by atoms with van der Waals surface area (Å²) < 4.78 is 6.91. The predicted molar refractivity (Wildman–Crippen MR) is 125 cm³/mol. The van der Waals surface area contributed by atoms with E-state index in [-0.39, 0.29) is 11.9 Å². The molecular formula is C22H25N5O3S2. The van der Waals surface area contributed by atoms with Crippen LogP contribution in [0.25, 0.3) is 5.69 Å². The number of nitrogens with zero attached hydrogens (tertiary/aromatic N) is 4. The van der Waals surface area contributed by atoms with Crippen molar-refractivity contribution in [3.05, 3.63) is 46.3 Å². The first-order chi connectivity index (χ1) is 15.6. The Morgan fingerprint density at radius 1 is 1.22 bits per heavy atom. The van der Waals surface area contributed by atoms with Gasteiger partial charge in [0.15, 0.2) is 0 Å². The minimum Gasteiger partial charge on any atom is -0.462 e. The smallest absolute Gasteiger partial charge is 0.341 e. The van der Waals surface area contributed by atoms with Gasteiger partial charge in [0.1, 0.15) is 5.00 Å². The van der Waals surface area contributed by atoms with Crippen LogP contribution in [0.4, 0.5) is 5.00 Å². The van der Waals surface area contributed by atoms with Gasteiger partial charge >= 0.3 is 5.97 Å². The minimum atomic E-state index is -0.419. The minimum absolute atomic E-state index is 0.177. The van der Waals surface area contributed by atoms with E-state index in [4.69, 9.17) is 4.74 Å². The molecule has 3 aromatic rings. The van der Waals surface area contributed by atoms with E-state index in [0.29, 0.717) is 28.7 Å². The lowest BCUT2D eigenvalue weighted by Crippen LogP contribution is -2.25. The molecule has 1 amide bonds. The molecular weight excluding hydrogens is 446 g/mol. The van der Waals surface area contributed by atoms with Crippen molar-refractivity contribution in [2.24, 2.45) is 0 Å². The van der Waals surface area contributed by atoms with E-state index in [1.165, 1.54) is 28.0 Å². The Bertz CT molecular complexity index is 1100. The molecule has 0 spiro atoms. The van der Waals surface area contributed by atoms with Gasteiger partial charge in [0.2, 0.25) is 11.1 Å². The average molecular weight is 472 g/mol. The van der Waals surface area contributed by atoms with Gasteiger partial charge < -0.3 is 10.1 Å². The fourth-order valence-electron chi connectivity index (χ4n) is 3.70. The molecule has 8 nitrogen and oxygen atoms in total. The predicted octanol–water partition coefficient (Wildman–Crippen LogP) is 4.29. The van der Waals surface area contributed by atoms with Gasteiger partial charge in [0.05, 0.1) is 23.1 Å². The number of ether oxygens (including phenoxy) is 1. The monoisotopic (exact) mass is 471 g/mol. The quantitative estimate of drug-likeness (QED) is 0.386. The van der Waals surface area contributed by atoms with Crippen LogP contribution in [-0.2, 0) is 22.4 Å². The lowest BCUT2D eigenvalue weighted by atomic mass is 9.95. The second-order valence-corrected chi connectivity index (χ2v) is 9.62. The van der Waals surface area contributed by atoms with Crippen LogP contribution in [0.3, 0.4) is 0 Å². The number of hydrogen-bond acceptors (Lipinski definition) is 8. The average Bonchev–Trinajstić information content (AvgIpc) is 3.42. The number of anilines is 1. The van der Waals surface area contributed by atoms with Gasteiger partial charge in [-0.15, -0.1) is 16.4 Å². The van der Waals surface area contributed by atoms with E-state index < -0.39 is 5.25 Å². The number of benzene rings is 1. The van der Waals surface area contributed by atoms with E-state index in [1.54, 1.807) is 11.6 Å². The molecule has 0 unspecified atom stereocenters. The first kappa shape index (κ1) is 22.5. The lowest BCUT2D eigenvalue weighted by Gasteiger charge is -2.15. The Kier molecular flexibility index (Phi) is 7.21. The van der Waals surface area contributed by atoms with Crippen LogP contribution in [0.1, 0.15) is 53.9 Å². The van der Waals surface area contributed by atoms with Crippen molar-refractivity contribution in [3.63, 3.8) is 0 Å². The highest BCUT2D eigenvalue weighted by Crippen LogP contribution is 2.39. The van der Waals surface area contributed by atoms with Gasteiger partial charge in [-0.2, -0.15) is 4.68 Å². The number of tetrazole rings is 1. The number of amides is 1. The fourth-order valence-corrected chi connectivity index (χ4v) is 5.89. The Morgan fingerprint density at radius 2 is 2.00 bits per heavy atom. The van der Waals surface area contributed by atoms with Crippen LogP contribution in [0.2, 0.25) is 0 Å². The number of esters is 1. The molecule has 0 aliphatic heterocycles.